The van der Waals surface area contributed by atoms with Crippen molar-refractivity contribution in [3.05, 3.63) is 124 Å². The molecule has 2 aliphatic carbocycles. The largest absolute Gasteiger partial charge is 0.199 e. The van der Waals surface area contributed by atoms with Gasteiger partial charge in [0.1, 0.15) is 0 Å². The molecule has 2 aliphatic rings. The first-order valence-corrected chi connectivity index (χ1v) is 8.68. The van der Waals surface area contributed by atoms with Crippen LogP contribution in [-0.2, 0) is 26.2 Å². The molecule has 26 heavy (non-hydrogen) atoms. The Kier molecular flexibility index (Phi) is 14.9. The maximum Gasteiger partial charge on any atom is 0 e. The summed E-state index contributed by atoms with van der Waals surface area (Å²) in [5.41, 5.74) is 1.07. The van der Waals surface area contributed by atoms with Gasteiger partial charge in [-0.2, -0.15) is 24.6 Å². The molecular formula is C25H30Zr-. The Balaban J connectivity index is 0.000000359. The van der Waals surface area contributed by atoms with Crippen LogP contribution < -0.4 is 0 Å². The van der Waals surface area contributed by atoms with Gasteiger partial charge in [0.2, 0.25) is 0 Å². The van der Waals surface area contributed by atoms with E-state index < -0.39 is 0 Å². The zero-order valence-corrected chi connectivity index (χ0v) is 19.2. The SMILES string of the molecule is C[C]1[C](C)[C](C)[C](C)[C]1C.[CH2-]c1ccccc1.[CH]1[CH][CH][CH][CH][CH][CH][CH]1.[Zr]. The van der Waals surface area contributed by atoms with Crippen LogP contribution in [0.3, 0.4) is 0 Å². The maximum atomic E-state index is 3.72. The second-order valence-electron chi connectivity index (χ2n) is 6.15. The normalized spacial score (nSPS) is 20.7. The van der Waals surface area contributed by atoms with Crippen LogP contribution in [0.25, 0.3) is 0 Å². The minimum Gasteiger partial charge on any atom is -0.199 e. The van der Waals surface area contributed by atoms with Crippen LogP contribution in [0.2, 0.25) is 0 Å². The van der Waals surface area contributed by atoms with Gasteiger partial charge in [0.25, 0.3) is 0 Å². The Bertz CT molecular complexity index is 358. The molecular weight excluding hydrogens is 391 g/mol. The van der Waals surface area contributed by atoms with Crippen molar-refractivity contribution >= 4 is 0 Å². The second-order valence-corrected chi connectivity index (χ2v) is 6.15. The molecule has 0 heterocycles. The molecule has 0 aromatic heterocycles. The van der Waals surface area contributed by atoms with Gasteiger partial charge in [-0.25, -0.2) is 0 Å². The van der Waals surface area contributed by atoms with E-state index in [1.807, 2.05) is 81.7 Å². The second kappa shape index (κ2) is 15.0. The smallest absolute Gasteiger partial charge is 0 e. The molecule has 0 spiro atoms. The van der Waals surface area contributed by atoms with Crippen molar-refractivity contribution in [2.45, 2.75) is 34.6 Å². The molecule has 0 amide bonds. The molecule has 3 rings (SSSR count). The summed E-state index contributed by atoms with van der Waals surface area (Å²) in [4.78, 5) is 0. The fourth-order valence-electron chi connectivity index (χ4n) is 2.40. The van der Waals surface area contributed by atoms with Crippen LogP contribution >= 0.6 is 0 Å². The zero-order valence-electron chi connectivity index (χ0n) is 16.7. The van der Waals surface area contributed by atoms with Crippen LogP contribution in [0.5, 0.6) is 0 Å². The quantitative estimate of drug-likeness (QED) is 0.421. The number of hydrogen-bond acceptors (Lipinski definition) is 0. The summed E-state index contributed by atoms with van der Waals surface area (Å²) in [7, 11) is 0. The number of benzene rings is 1. The number of hydrogen-bond donors (Lipinski definition) is 0. The molecule has 0 atom stereocenters. The molecule has 0 saturated heterocycles. The van der Waals surface area contributed by atoms with Gasteiger partial charge in [-0.15, -0.1) is 12.1 Å². The minimum atomic E-state index is 0. The molecule has 13 radical (unpaired) electrons. The molecule has 0 nitrogen and oxygen atoms in total. The molecule has 1 heteroatoms. The van der Waals surface area contributed by atoms with Gasteiger partial charge < -0.3 is 0 Å². The van der Waals surface area contributed by atoms with Gasteiger partial charge in [0.05, 0.1) is 0 Å². The first-order valence-electron chi connectivity index (χ1n) is 8.68. The summed E-state index contributed by atoms with van der Waals surface area (Å²) in [5.74, 6) is 7.34. The molecule has 0 unspecified atom stereocenters. The van der Waals surface area contributed by atoms with Crippen molar-refractivity contribution in [2.24, 2.45) is 0 Å². The average Bonchev–Trinajstić information content (AvgIpc) is 2.74. The van der Waals surface area contributed by atoms with Gasteiger partial charge in [-0.05, 0) is 81.0 Å². The molecule has 0 bridgehead atoms. The van der Waals surface area contributed by atoms with Crippen molar-refractivity contribution in [1.82, 2.24) is 0 Å². The molecule has 1 aromatic carbocycles. The van der Waals surface area contributed by atoms with Crippen molar-refractivity contribution < 1.29 is 26.2 Å². The topological polar surface area (TPSA) is 0 Å². The predicted octanol–water partition coefficient (Wildman–Crippen LogP) is 6.47. The maximum absolute atomic E-state index is 3.72. The Labute approximate surface area is 184 Å². The van der Waals surface area contributed by atoms with Gasteiger partial charge >= 0.3 is 0 Å². The van der Waals surface area contributed by atoms with Gasteiger partial charge in [-0.1, -0.05) is 40.7 Å². The first-order chi connectivity index (χ1) is 11.9. The summed E-state index contributed by atoms with van der Waals surface area (Å²) in [5, 5.41) is 0. The van der Waals surface area contributed by atoms with E-state index in [9.17, 15) is 0 Å². The Hall–Kier alpha value is -0.0269. The van der Waals surface area contributed by atoms with Crippen molar-refractivity contribution in [3.63, 3.8) is 0 Å². The van der Waals surface area contributed by atoms with E-state index in [0.29, 0.717) is 0 Å². The van der Waals surface area contributed by atoms with Gasteiger partial charge in [0, 0.05) is 26.2 Å². The molecule has 0 N–H and O–H groups in total. The van der Waals surface area contributed by atoms with E-state index in [1.54, 1.807) is 0 Å². The summed E-state index contributed by atoms with van der Waals surface area (Å²) in [6.45, 7) is 14.7. The van der Waals surface area contributed by atoms with Crippen LogP contribution in [-0.4, -0.2) is 0 Å². The van der Waals surface area contributed by atoms with Crippen LogP contribution in [0.4, 0.5) is 0 Å². The third kappa shape index (κ3) is 9.78. The average molecular weight is 422 g/mol. The summed E-state index contributed by atoms with van der Waals surface area (Å²) < 4.78 is 0. The summed E-state index contributed by atoms with van der Waals surface area (Å²) in [6, 6.07) is 9.87. The first kappa shape index (κ1) is 26.0. The Morgan fingerprint density at radius 1 is 0.462 bits per heavy atom. The van der Waals surface area contributed by atoms with E-state index in [1.165, 1.54) is 29.6 Å². The fraction of sp³-hybridized carbons (Fsp3) is 0.200. The fourth-order valence-corrected chi connectivity index (χ4v) is 2.40. The van der Waals surface area contributed by atoms with Gasteiger partial charge in [-0.3, -0.25) is 0 Å². The van der Waals surface area contributed by atoms with Gasteiger partial charge in [0.15, 0.2) is 0 Å². The molecule has 1 aromatic rings. The molecule has 135 valence electrons. The van der Waals surface area contributed by atoms with Crippen LogP contribution in [0.1, 0.15) is 40.2 Å². The van der Waals surface area contributed by atoms with E-state index in [0.717, 1.165) is 5.56 Å². The zero-order chi connectivity index (χ0) is 18.7. The standard InChI is InChI=1S/C10H15.C8H8.C7H7.Zr/c1-6-7(2)9(4)10(5)8(6)3;1-2-4-6-8-7-5-3-1;1-7-5-3-2-4-6-7;/h1-5H3;1-8H;2-6H,1H2;/q;;-1;. The van der Waals surface area contributed by atoms with Crippen molar-refractivity contribution in [3.8, 4) is 0 Å². The van der Waals surface area contributed by atoms with E-state index in [-0.39, 0.29) is 26.2 Å². The summed E-state index contributed by atoms with van der Waals surface area (Å²) in [6.07, 6.45) is 16.0. The van der Waals surface area contributed by atoms with Crippen LogP contribution in [0, 0.1) is 87.9 Å². The summed E-state index contributed by atoms with van der Waals surface area (Å²) >= 11 is 0. The van der Waals surface area contributed by atoms with E-state index in [2.05, 4.69) is 41.5 Å². The van der Waals surface area contributed by atoms with Crippen LogP contribution in [0.15, 0.2) is 30.3 Å². The van der Waals surface area contributed by atoms with E-state index in [4.69, 9.17) is 0 Å². The monoisotopic (exact) mass is 420 g/mol. The minimum absolute atomic E-state index is 0. The Morgan fingerprint density at radius 2 is 0.692 bits per heavy atom. The third-order valence-electron chi connectivity index (χ3n) is 4.54. The van der Waals surface area contributed by atoms with Crippen molar-refractivity contribution in [1.29, 1.82) is 0 Å². The molecule has 0 aliphatic heterocycles. The number of rotatable bonds is 0. The predicted molar refractivity (Wildman–Crippen MR) is 110 cm³/mol. The Morgan fingerprint density at radius 3 is 0.846 bits per heavy atom. The molecule has 2 saturated carbocycles. The van der Waals surface area contributed by atoms with E-state index >= 15 is 0 Å². The molecule has 2 fully saturated rings. The third-order valence-corrected chi connectivity index (χ3v) is 4.54. The van der Waals surface area contributed by atoms with Crippen molar-refractivity contribution in [2.75, 3.05) is 0 Å².